The highest BCUT2D eigenvalue weighted by atomic mass is 32.2. The number of aliphatic hydroxyl groups is 1. The second kappa shape index (κ2) is 4.75. The van der Waals surface area contributed by atoms with Gasteiger partial charge in [-0.25, -0.2) is 13.4 Å². The number of H-pyrrole nitrogens is 1. The minimum absolute atomic E-state index is 0.120. The summed E-state index contributed by atoms with van der Waals surface area (Å²) in [6.07, 6.45) is 3.52. The minimum Gasteiger partial charge on any atom is -0.395 e. The number of hydrogen-bond donors (Lipinski definition) is 2. The molecule has 0 aliphatic carbocycles. The van der Waals surface area contributed by atoms with Gasteiger partial charge < -0.3 is 10.1 Å². The lowest BCUT2D eigenvalue weighted by Crippen LogP contribution is -2.37. The number of imidazole rings is 1. The first kappa shape index (κ1) is 12.5. The predicted molar refractivity (Wildman–Crippen MR) is 62.0 cm³/mol. The van der Waals surface area contributed by atoms with Crippen molar-refractivity contribution >= 4 is 10.0 Å². The fourth-order valence-corrected chi connectivity index (χ4v) is 3.71. The van der Waals surface area contributed by atoms with Crippen molar-refractivity contribution in [3.05, 3.63) is 12.0 Å². The molecule has 0 aromatic carbocycles. The molecule has 0 bridgehead atoms. The highest BCUT2D eigenvalue weighted by molar-refractivity contribution is 7.89. The summed E-state index contributed by atoms with van der Waals surface area (Å²) in [5.74, 6) is 0.656. The summed E-state index contributed by atoms with van der Waals surface area (Å²) in [5.41, 5.74) is 0. The third-order valence-electron chi connectivity index (χ3n) is 3.06. The first-order chi connectivity index (χ1) is 8.09. The number of nitrogens with one attached hydrogen (secondary N) is 1. The SMILES string of the molecule is CCc1ncc(S(=O)(=O)N2CCCC2CO)[nH]1. The highest BCUT2D eigenvalue weighted by Crippen LogP contribution is 2.24. The summed E-state index contributed by atoms with van der Waals surface area (Å²) in [6, 6.07) is -0.298. The summed E-state index contributed by atoms with van der Waals surface area (Å²) in [4.78, 5) is 6.80. The van der Waals surface area contributed by atoms with Crippen molar-refractivity contribution < 1.29 is 13.5 Å². The van der Waals surface area contributed by atoms with Crippen LogP contribution in [0.5, 0.6) is 0 Å². The lowest BCUT2D eigenvalue weighted by Gasteiger charge is -2.21. The van der Waals surface area contributed by atoms with Crippen LogP contribution in [0.3, 0.4) is 0 Å². The van der Waals surface area contributed by atoms with Gasteiger partial charge in [-0.05, 0) is 12.8 Å². The maximum absolute atomic E-state index is 12.3. The molecule has 96 valence electrons. The van der Waals surface area contributed by atoms with Crippen LogP contribution in [-0.4, -0.2) is 47.0 Å². The Labute approximate surface area is 101 Å². The molecule has 1 unspecified atom stereocenters. The number of rotatable bonds is 4. The van der Waals surface area contributed by atoms with Gasteiger partial charge >= 0.3 is 0 Å². The Bertz CT molecular complexity index is 483. The Morgan fingerprint density at radius 1 is 1.65 bits per heavy atom. The Hall–Kier alpha value is -0.920. The van der Waals surface area contributed by atoms with Gasteiger partial charge in [0.05, 0.1) is 12.8 Å². The van der Waals surface area contributed by atoms with Crippen LogP contribution in [0.25, 0.3) is 0 Å². The van der Waals surface area contributed by atoms with Gasteiger partial charge in [0.1, 0.15) is 5.82 Å². The lowest BCUT2D eigenvalue weighted by molar-refractivity contribution is 0.213. The number of aromatic nitrogens is 2. The van der Waals surface area contributed by atoms with Gasteiger partial charge in [0, 0.05) is 19.0 Å². The fourth-order valence-electron chi connectivity index (χ4n) is 2.09. The lowest BCUT2D eigenvalue weighted by atomic mass is 10.2. The zero-order chi connectivity index (χ0) is 12.5. The number of aliphatic hydroxyl groups excluding tert-OH is 1. The molecule has 0 radical (unpaired) electrons. The summed E-state index contributed by atoms with van der Waals surface area (Å²) in [5, 5.41) is 9.29. The third kappa shape index (κ3) is 2.22. The number of aryl methyl sites for hydroxylation is 1. The Balaban J connectivity index is 2.29. The summed E-state index contributed by atoms with van der Waals surface area (Å²) >= 11 is 0. The molecule has 1 aromatic rings. The second-order valence-electron chi connectivity index (χ2n) is 4.14. The maximum Gasteiger partial charge on any atom is 0.260 e. The van der Waals surface area contributed by atoms with Crippen molar-refractivity contribution in [2.45, 2.75) is 37.3 Å². The van der Waals surface area contributed by atoms with Gasteiger partial charge in [-0.2, -0.15) is 4.31 Å². The number of hydrogen-bond acceptors (Lipinski definition) is 4. The van der Waals surface area contributed by atoms with Crippen LogP contribution >= 0.6 is 0 Å². The minimum atomic E-state index is -3.53. The molecule has 6 nitrogen and oxygen atoms in total. The van der Waals surface area contributed by atoms with E-state index in [1.807, 2.05) is 6.92 Å². The normalized spacial score (nSPS) is 22.1. The molecule has 0 saturated carbocycles. The standard InChI is InChI=1S/C10H17N3O3S/c1-2-9-11-6-10(12-9)17(15,16)13-5-3-4-8(13)7-14/h6,8,14H,2-5,7H2,1H3,(H,11,12). The van der Waals surface area contributed by atoms with E-state index in [1.54, 1.807) is 0 Å². The molecular formula is C10H17N3O3S. The number of sulfonamides is 1. The van der Waals surface area contributed by atoms with E-state index in [2.05, 4.69) is 9.97 Å². The van der Waals surface area contributed by atoms with Crippen molar-refractivity contribution in [3.8, 4) is 0 Å². The average Bonchev–Trinajstić information content (AvgIpc) is 2.97. The Morgan fingerprint density at radius 3 is 3.00 bits per heavy atom. The molecule has 1 aliphatic rings. The Morgan fingerprint density at radius 2 is 2.41 bits per heavy atom. The van der Waals surface area contributed by atoms with Crippen LogP contribution in [0.15, 0.2) is 11.2 Å². The molecule has 2 N–H and O–H groups in total. The summed E-state index contributed by atoms with van der Waals surface area (Å²) < 4.78 is 25.9. The van der Waals surface area contributed by atoms with Gasteiger partial charge in [0.25, 0.3) is 10.0 Å². The van der Waals surface area contributed by atoms with Crippen molar-refractivity contribution in [1.29, 1.82) is 0 Å². The van der Waals surface area contributed by atoms with Crippen LogP contribution in [0, 0.1) is 0 Å². The number of nitrogens with zero attached hydrogens (tertiary/aromatic N) is 2. The van der Waals surface area contributed by atoms with Gasteiger partial charge in [-0.15, -0.1) is 0 Å². The smallest absolute Gasteiger partial charge is 0.260 e. The highest BCUT2D eigenvalue weighted by Gasteiger charge is 2.35. The first-order valence-electron chi connectivity index (χ1n) is 5.76. The first-order valence-corrected chi connectivity index (χ1v) is 7.20. The summed E-state index contributed by atoms with van der Waals surface area (Å²) in [6.45, 7) is 2.24. The molecule has 2 rings (SSSR count). The maximum atomic E-state index is 12.3. The van der Waals surface area contributed by atoms with E-state index in [1.165, 1.54) is 10.5 Å². The van der Waals surface area contributed by atoms with E-state index in [9.17, 15) is 8.42 Å². The van der Waals surface area contributed by atoms with Crippen LogP contribution in [0.2, 0.25) is 0 Å². The molecule has 1 saturated heterocycles. The number of aromatic amines is 1. The van der Waals surface area contributed by atoms with E-state index in [4.69, 9.17) is 5.11 Å². The van der Waals surface area contributed by atoms with Crippen molar-refractivity contribution in [2.24, 2.45) is 0 Å². The summed E-state index contributed by atoms with van der Waals surface area (Å²) in [7, 11) is -3.53. The van der Waals surface area contributed by atoms with Crippen LogP contribution in [0.4, 0.5) is 0 Å². The fraction of sp³-hybridized carbons (Fsp3) is 0.700. The van der Waals surface area contributed by atoms with Crippen LogP contribution in [-0.2, 0) is 16.4 Å². The molecule has 17 heavy (non-hydrogen) atoms. The topological polar surface area (TPSA) is 86.3 Å². The van der Waals surface area contributed by atoms with Gasteiger partial charge in [0.15, 0.2) is 5.03 Å². The molecule has 0 amide bonds. The van der Waals surface area contributed by atoms with E-state index < -0.39 is 10.0 Å². The molecular weight excluding hydrogens is 242 g/mol. The van der Waals surface area contributed by atoms with Gasteiger partial charge in [-0.1, -0.05) is 6.92 Å². The average molecular weight is 259 g/mol. The van der Waals surface area contributed by atoms with E-state index in [-0.39, 0.29) is 17.7 Å². The molecule has 1 aromatic heterocycles. The largest absolute Gasteiger partial charge is 0.395 e. The van der Waals surface area contributed by atoms with Crippen LogP contribution in [0.1, 0.15) is 25.6 Å². The quantitative estimate of drug-likeness (QED) is 0.804. The molecule has 7 heteroatoms. The van der Waals surface area contributed by atoms with Gasteiger partial charge in [0.2, 0.25) is 0 Å². The van der Waals surface area contributed by atoms with Crippen molar-refractivity contribution in [1.82, 2.24) is 14.3 Å². The second-order valence-corrected chi connectivity index (χ2v) is 6.00. The molecule has 1 atom stereocenters. The van der Waals surface area contributed by atoms with E-state index in [0.29, 0.717) is 25.2 Å². The van der Waals surface area contributed by atoms with Crippen molar-refractivity contribution in [3.63, 3.8) is 0 Å². The molecule has 0 spiro atoms. The zero-order valence-electron chi connectivity index (χ0n) is 9.76. The van der Waals surface area contributed by atoms with Crippen LogP contribution < -0.4 is 0 Å². The Kier molecular flexibility index (Phi) is 3.50. The van der Waals surface area contributed by atoms with Gasteiger partial charge in [-0.3, -0.25) is 0 Å². The predicted octanol–water partition coefficient (Wildman–Crippen LogP) is 0.118. The molecule has 1 fully saturated rings. The zero-order valence-corrected chi connectivity index (χ0v) is 10.6. The molecule has 1 aliphatic heterocycles. The van der Waals surface area contributed by atoms with Crippen molar-refractivity contribution in [2.75, 3.05) is 13.2 Å². The molecule has 2 heterocycles. The third-order valence-corrected chi connectivity index (χ3v) is 4.92. The monoisotopic (exact) mass is 259 g/mol. The van der Waals surface area contributed by atoms with E-state index in [0.717, 1.165) is 6.42 Å². The van der Waals surface area contributed by atoms with E-state index >= 15 is 0 Å².